The summed E-state index contributed by atoms with van der Waals surface area (Å²) in [5, 5.41) is 7.95. The van der Waals surface area contributed by atoms with Gasteiger partial charge in [0.05, 0.1) is 0 Å². The van der Waals surface area contributed by atoms with Crippen LogP contribution in [0.2, 0.25) is 0 Å². The van der Waals surface area contributed by atoms with E-state index in [4.69, 9.17) is 0 Å². The van der Waals surface area contributed by atoms with Gasteiger partial charge < -0.3 is 4.90 Å². The minimum atomic E-state index is -0.247. The maximum absolute atomic E-state index is 13.0. The zero-order chi connectivity index (χ0) is 19.9. The third-order valence-electron chi connectivity index (χ3n) is 5.15. The van der Waals surface area contributed by atoms with Crippen molar-refractivity contribution in [1.82, 2.24) is 25.0 Å². The van der Waals surface area contributed by atoms with Gasteiger partial charge in [-0.3, -0.25) is 10.00 Å². The average molecular weight is 412 g/mol. The summed E-state index contributed by atoms with van der Waals surface area (Å²) >= 11 is 1.67. The van der Waals surface area contributed by atoms with Gasteiger partial charge >= 0.3 is 0 Å². The second-order valence-electron chi connectivity index (χ2n) is 7.28. The molecule has 0 amide bonds. The van der Waals surface area contributed by atoms with Crippen molar-refractivity contribution in [2.75, 3.05) is 38.5 Å². The quantitative estimate of drug-likeness (QED) is 0.450. The van der Waals surface area contributed by atoms with Gasteiger partial charge in [-0.05, 0) is 42.8 Å². The molecule has 1 aromatic heterocycles. The molecule has 2 heterocycles. The molecule has 0 bridgehead atoms. The van der Waals surface area contributed by atoms with E-state index in [1.54, 1.807) is 23.9 Å². The van der Waals surface area contributed by atoms with Gasteiger partial charge in [0.25, 0.3) is 0 Å². The Balaban J connectivity index is 1.14. The van der Waals surface area contributed by atoms with E-state index in [1.165, 1.54) is 17.7 Å². The molecule has 1 fully saturated rings. The molecule has 4 rings (SSSR count). The van der Waals surface area contributed by atoms with Crippen molar-refractivity contribution in [3.05, 3.63) is 66.0 Å². The Kier molecular flexibility index (Phi) is 6.92. The van der Waals surface area contributed by atoms with E-state index >= 15 is 0 Å². The van der Waals surface area contributed by atoms with Crippen molar-refractivity contribution in [3.8, 4) is 11.4 Å². The number of nitrogens with one attached hydrogen (secondary N) is 1. The lowest BCUT2D eigenvalue weighted by Gasteiger charge is -2.34. The number of aromatic nitrogens is 3. The van der Waals surface area contributed by atoms with Gasteiger partial charge in [0, 0.05) is 44.0 Å². The van der Waals surface area contributed by atoms with Gasteiger partial charge in [-0.25, -0.2) is 9.37 Å². The fourth-order valence-electron chi connectivity index (χ4n) is 3.51. The van der Waals surface area contributed by atoms with Crippen LogP contribution in [0.25, 0.3) is 11.4 Å². The number of hydrogen-bond donors (Lipinski definition) is 1. The molecule has 29 heavy (non-hydrogen) atoms. The molecule has 0 saturated carbocycles. The molecule has 1 saturated heterocycles. The van der Waals surface area contributed by atoms with Crippen LogP contribution in [0.5, 0.6) is 0 Å². The van der Waals surface area contributed by atoms with Crippen LogP contribution in [0.4, 0.5) is 4.39 Å². The van der Waals surface area contributed by atoms with Crippen LogP contribution in [0.1, 0.15) is 12.0 Å². The molecular formula is C22H26FN5S. The van der Waals surface area contributed by atoms with Gasteiger partial charge in [-0.15, -0.1) is 5.10 Å². The molecule has 1 aliphatic rings. The number of nitrogens with zero attached hydrogens (tertiary/aromatic N) is 4. The Labute approximate surface area is 175 Å². The van der Waals surface area contributed by atoms with Crippen molar-refractivity contribution >= 4 is 11.8 Å². The van der Waals surface area contributed by atoms with Gasteiger partial charge in [-0.2, -0.15) is 0 Å². The van der Waals surface area contributed by atoms with Gasteiger partial charge in [0.2, 0.25) is 5.16 Å². The minimum Gasteiger partial charge on any atom is -0.301 e. The summed E-state index contributed by atoms with van der Waals surface area (Å²) in [5.74, 6) is 1.43. The zero-order valence-corrected chi connectivity index (χ0v) is 17.2. The number of aromatic amines is 1. The standard InChI is InChI=1S/C22H26FN5S/c23-20-9-7-19(8-10-20)21-24-22(26-25-21)29-16-4-11-27-12-14-28(15-13-27)17-18-5-2-1-3-6-18/h1-3,5-10H,4,11-17H2,(H,24,25,26). The predicted octanol–water partition coefficient (Wildman–Crippen LogP) is 3.91. The summed E-state index contributed by atoms with van der Waals surface area (Å²) in [5.41, 5.74) is 2.24. The summed E-state index contributed by atoms with van der Waals surface area (Å²) < 4.78 is 13.0. The Morgan fingerprint density at radius 2 is 1.66 bits per heavy atom. The molecular weight excluding hydrogens is 385 g/mol. The molecule has 5 nitrogen and oxygen atoms in total. The topological polar surface area (TPSA) is 48.1 Å². The molecule has 3 aromatic rings. The lowest BCUT2D eigenvalue weighted by Crippen LogP contribution is -2.46. The van der Waals surface area contributed by atoms with Crippen molar-refractivity contribution in [2.45, 2.75) is 18.1 Å². The van der Waals surface area contributed by atoms with Gasteiger partial charge in [-0.1, -0.05) is 42.1 Å². The summed E-state index contributed by atoms with van der Waals surface area (Å²) in [6, 6.07) is 17.0. The van der Waals surface area contributed by atoms with Crippen molar-refractivity contribution in [2.24, 2.45) is 0 Å². The molecule has 1 aliphatic heterocycles. The van der Waals surface area contributed by atoms with E-state index in [-0.39, 0.29) is 5.82 Å². The number of piperazine rings is 1. The third-order valence-corrected chi connectivity index (χ3v) is 6.08. The first-order valence-electron chi connectivity index (χ1n) is 10.1. The fraction of sp³-hybridized carbons (Fsp3) is 0.364. The second-order valence-corrected chi connectivity index (χ2v) is 8.34. The maximum Gasteiger partial charge on any atom is 0.208 e. The predicted molar refractivity (Wildman–Crippen MR) is 115 cm³/mol. The Bertz CT molecular complexity index is 876. The number of halogens is 1. The minimum absolute atomic E-state index is 0.247. The lowest BCUT2D eigenvalue weighted by molar-refractivity contribution is 0.127. The summed E-state index contributed by atoms with van der Waals surface area (Å²) in [6.07, 6.45) is 1.11. The van der Waals surface area contributed by atoms with Crippen LogP contribution in [-0.2, 0) is 6.54 Å². The van der Waals surface area contributed by atoms with E-state index in [0.717, 1.165) is 62.2 Å². The molecule has 0 unspecified atom stereocenters. The number of benzene rings is 2. The summed E-state index contributed by atoms with van der Waals surface area (Å²) in [6.45, 7) is 6.68. The highest BCUT2D eigenvalue weighted by Gasteiger charge is 2.16. The van der Waals surface area contributed by atoms with E-state index < -0.39 is 0 Å². The lowest BCUT2D eigenvalue weighted by atomic mass is 10.2. The number of hydrogen-bond acceptors (Lipinski definition) is 5. The van der Waals surface area contributed by atoms with Gasteiger partial charge in [0.1, 0.15) is 5.82 Å². The summed E-state index contributed by atoms with van der Waals surface area (Å²) in [4.78, 5) is 9.58. The molecule has 2 aromatic carbocycles. The SMILES string of the molecule is Fc1ccc(-c2nc(SCCCN3CCN(Cc4ccccc4)CC3)n[nH]2)cc1. The average Bonchev–Trinajstić information content (AvgIpc) is 3.23. The normalized spacial score (nSPS) is 15.6. The Hall–Kier alpha value is -2.22. The first-order chi connectivity index (χ1) is 14.3. The third kappa shape index (κ3) is 5.88. The first kappa shape index (κ1) is 20.1. The molecule has 0 aliphatic carbocycles. The number of rotatable bonds is 8. The monoisotopic (exact) mass is 411 g/mol. The van der Waals surface area contributed by atoms with Crippen molar-refractivity contribution in [1.29, 1.82) is 0 Å². The van der Waals surface area contributed by atoms with E-state index in [0.29, 0.717) is 5.82 Å². The molecule has 7 heteroatoms. The molecule has 0 atom stereocenters. The first-order valence-corrected chi connectivity index (χ1v) is 11.0. The number of H-pyrrole nitrogens is 1. The van der Waals surface area contributed by atoms with Crippen molar-refractivity contribution in [3.63, 3.8) is 0 Å². The van der Waals surface area contributed by atoms with E-state index in [9.17, 15) is 4.39 Å². The van der Waals surface area contributed by atoms with E-state index in [2.05, 4.69) is 55.3 Å². The highest BCUT2D eigenvalue weighted by atomic mass is 32.2. The number of thioether (sulfide) groups is 1. The highest BCUT2D eigenvalue weighted by molar-refractivity contribution is 7.99. The van der Waals surface area contributed by atoms with Crippen LogP contribution in [0.15, 0.2) is 59.8 Å². The molecule has 0 spiro atoms. The Morgan fingerprint density at radius 1 is 0.931 bits per heavy atom. The van der Waals surface area contributed by atoms with Crippen LogP contribution >= 0.6 is 11.8 Å². The van der Waals surface area contributed by atoms with Crippen LogP contribution < -0.4 is 0 Å². The molecule has 0 radical (unpaired) electrons. The molecule has 1 N–H and O–H groups in total. The van der Waals surface area contributed by atoms with Crippen LogP contribution in [0, 0.1) is 5.82 Å². The smallest absolute Gasteiger partial charge is 0.208 e. The van der Waals surface area contributed by atoms with Gasteiger partial charge in [0.15, 0.2) is 5.82 Å². The van der Waals surface area contributed by atoms with E-state index in [1.807, 2.05) is 0 Å². The highest BCUT2D eigenvalue weighted by Crippen LogP contribution is 2.20. The van der Waals surface area contributed by atoms with Crippen LogP contribution in [0.3, 0.4) is 0 Å². The molecule has 152 valence electrons. The van der Waals surface area contributed by atoms with Crippen LogP contribution in [-0.4, -0.2) is 63.5 Å². The second kappa shape index (κ2) is 10.0. The fourth-order valence-corrected chi connectivity index (χ4v) is 4.23. The maximum atomic E-state index is 13.0. The summed E-state index contributed by atoms with van der Waals surface area (Å²) in [7, 11) is 0. The Morgan fingerprint density at radius 3 is 2.41 bits per heavy atom. The largest absolute Gasteiger partial charge is 0.301 e. The van der Waals surface area contributed by atoms with Crippen molar-refractivity contribution < 1.29 is 4.39 Å². The zero-order valence-electron chi connectivity index (χ0n) is 16.4.